The number of nitrogens with one attached hydrogen (secondary N) is 1. The zero-order valence-electron chi connectivity index (χ0n) is 10.9. The number of anilines is 1. The Bertz CT molecular complexity index is 623. The summed E-state index contributed by atoms with van der Waals surface area (Å²) < 4.78 is 0. The van der Waals surface area contributed by atoms with Crippen LogP contribution in [-0.2, 0) is 4.79 Å². The fraction of sp³-hybridized carbons (Fsp3) is 0.214. The van der Waals surface area contributed by atoms with Crippen molar-refractivity contribution in [3.05, 3.63) is 35.2 Å². The van der Waals surface area contributed by atoms with Crippen molar-refractivity contribution >= 4 is 28.3 Å². The first-order chi connectivity index (χ1) is 9.61. The topological polar surface area (TPSA) is 79.3 Å². The highest BCUT2D eigenvalue weighted by Crippen LogP contribution is 2.31. The monoisotopic (exact) mass is 290 g/mol. The molecular formula is C14H14N2O3S. The van der Waals surface area contributed by atoms with E-state index >= 15 is 0 Å². The Kier molecular flexibility index (Phi) is 4.47. The summed E-state index contributed by atoms with van der Waals surface area (Å²) in [6.07, 6.45) is 1.12. The van der Waals surface area contributed by atoms with E-state index < -0.39 is 5.97 Å². The van der Waals surface area contributed by atoms with Gasteiger partial charge in [-0.3, -0.25) is 4.79 Å². The number of hydrogen-bond acceptors (Lipinski definition) is 4. The lowest BCUT2D eigenvalue weighted by Gasteiger charge is -1.98. The molecule has 0 bridgehead atoms. The van der Waals surface area contributed by atoms with Gasteiger partial charge in [0.25, 0.3) is 0 Å². The second kappa shape index (κ2) is 6.29. The normalized spacial score (nSPS) is 10.2. The average Bonchev–Trinajstić information content (AvgIpc) is 2.84. The molecule has 2 rings (SSSR count). The molecule has 6 heteroatoms. The van der Waals surface area contributed by atoms with E-state index in [-0.39, 0.29) is 10.8 Å². The van der Waals surface area contributed by atoms with Crippen molar-refractivity contribution in [1.29, 1.82) is 0 Å². The summed E-state index contributed by atoms with van der Waals surface area (Å²) in [6, 6.07) is 9.06. The van der Waals surface area contributed by atoms with Crippen LogP contribution in [0.2, 0.25) is 0 Å². The highest BCUT2D eigenvalue weighted by Gasteiger charge is 2.19. The summed E-state index contributed by atoms with van der Waals surface area (Å²) >= 11 is 0.974. The number of nitrogens with zero attached hydrogens (tertiary/aromatic N) is 1. The van der Waals surface area contributed by atoms with E-state index in [0.29, 0.717) is 17.2 Å². The van der Waals surface area contributed by atoms with Gasteiger partial charge < -0.3 is 10.4 Å². The predicted molar refractivity (Wildman–Crippen MR) is 78.0 cm³/mol. The number of rotatable bonds is 5. The molecule has 1 aromatic carbocycles. The minimum absolute atomic E-state index is 0.128. The van der Waals surface area contributed by atoms with E-state index in [4.69, 9.17) is 0 Å². The Morgan fingerprint density at radius 3 is 2.60 bits per heavy atom. The molecule has 104 valence electrons. The molecule has 0 saturated carbocycles. The first-order valence-electron chi connectivity index (χ1n) is 6.21. The summed E-state index contributed by atoms with van der Waals surface area (Å²) in [6.45, 7) is 1.90. The van der Waals surface area contributed by atoms with Gasteiger partial charge in [-0.15, -0.1) is 0 Å². The van der Waals surface area contributed by atoms with Gasteiger partial charge in [-0.25, -0.2) is 9.78 Å². The SMILES string of the molecule is CCCC(=O)Nc1nc(-c2ccccc2)c(C(=O)O)s1. The van der Waals surface area contributed by atoms with Crippen LogP contribution in [0.1, 0.15) is 29.4 Å². The van der Waals surface area contributed by atoms with Gasteiger partial charge in [-0.05, 0) is 6.42 Å². The van der Waals surface area contributed by atoms with Crippen LogP contribution in [0.4, 0.5) is 5.13 Å². The lowest BCUT2D eigenvalue weighted by Crippen LogP contribution is -2.10. The molecular weight excluding hydrogens is 276 g/mol. The van der Waals surface area contributed by atoms with Crippen LogP contribution in [0, 0.1) is 0 Å². The molecule has 1 aromatic heterocycles. The van der Waals surface area contributed by atoms with Gasteiger partial charge in [-0.2, -0.15) is 0 Å². The van der Waals surface area contributed by atoms with Crippen LogP contribution >= 0.6 is 11.3 Å². The zero-order chi connectivity index (χ0) is 14.5. The van der Waals surface area contributed by atoms with Gasteiger partial charge in [0.2, 0.25) is 5.91 Å². The van der Waals surface area contributed by atoms with E-state index in [9.17, 15) is 14.7 Å². The summed E-state index contributed by atoms with van der Waals surface area (Å²) in [5.41, 5.74) is 1.10. The molecule has 1 heterocycles. The van der Waals surface area contributed by atoms with Crippen molar-refractivity contribution in [2.75, 3.05) is 5.32 Å². The number of thiazole rings is 1. The molecule has 1 amide bonds. The standard InChI is InChI=1S/C14H14N2O3S/c1-2-6-10(17)15-14-16-11(12(20-14)13(18)19)9-7-4-3-5-8-9/h3-5,7-8H,2,6H2,1H3,(H,18,19)(H,15,16,17). The Morgan fingerprint density at radius 1 is 1.30 bits per heavy atom. The number of amides is 1. The summed E-state index contributed by atoms with van der Waals surface area (Å²) in [4.78, 5) is 27.2. The zero-order valence-corrected chi connectivity index (χ0v) is 11.7. The lowest BCUT2D eigenvalue weighted by atomic mass is 10.1. The van der Waals surface area contributed by atoms with E-state index in [2.05, 4.69) is 10.3 Å². The lowest BCUT2D eigenvalue weighted by molar-refractivity contribution is -0.116. The predicted octanol–water partition coefficient (Wildman–Crippen LogP) is 3.25. The largest absolute Gasteiger partial charge is 0.477 e. The van der Waals surface area contributed by atoms with Crippen molar-refractivity contribution in [2.45, 2.75) is 19.8 Å². The minimum atomic E-state index is -1.04. The van der Waals surface area contributed by atoms with E-state index in [0.717, 1.165) is 23.3 Å². The maximum atomic E-state index is 11.5. The number of aromatic nitrogens is 1. The smallest absolute Gasteiger partial charge is 0.348 e. The van der Waals surface area contributed by atoms with Gasteiger partial charge in [-0.1, -0.05) is 48.6 Å². The van der Waals surface area contributed by atoms with Crippen molar-refractivity contribution < 1.29 is 14.7 Å². The third-order valence-corrected chi connectivity index (χ3v) is 3.55. The molecule has 0 radical (unpaired) electrons. The molecule has 2 N–H and O–H groups in total. The maximum absolute atomic E-state index is 11.5. The fourth-order valence-electron chi connectivity index (χ4n) is 1.72. The Morgan fingerprint density at radius 2 is 2.00 bits per heavy atom. The van der Waals surface area contributed by atoms with Crippen molar-refractivity contribution in [2.24, 2.45) is 0 Å². The van der Waals surface area contributed by atoms with Crippen LogP contribution in [0.15, 0.2) is 30.3 Å². The Labute approximate surface area is 120 Å². The molecule has 5 nitrogen and oxygen atoms in total. The van der Waals surface area contributed by atoms with Crippen LogP contribution in [0.5, 0.6) is 0 Å². The fourth-order valence-corrected chi connectivity index (χ4v) is 2.56. The minimum Gasteiger partial charge on any atom is -0.477 e. The van der Waals surface area contributed by atoms with Crippen molar-refractivity contribution in [1.82, 2.24) is 4.98 Å². The highest BCUT2D eigenvalue weighted by atomic mass is 32.1. The molecule has 0 saturated heterocycles. The van der Waals surface area contributed by atoms with Gasteiger partial charge >= 0.3 is 5.97 Å². The second-order valence-electron chi connectivity index (χ2n) is 4.17. The molecule has 0 unspecified atom stereocenters. The Balaban J connectivity index is 2.34. The average molecular weight is 290 g/mol. The summed E-state index contributed by atoms with van der Waals surface area (Å²) in [7, 11) is 0. The van der Waals surface area contributed by atoms with Gasteiger partial charge in [0.05, 0.1) is 5.69 Å². The number of carbonyl (C=O) groups is 2. The summed E-state index contributed by atoms with van der Waals surface area (Å²) in [5.74, 6) is -1.20. The van der Waals surface area contributed by atoms with E-state index in [1.54, 1.807) is 12.1 Å². The number of carboxylic acid groups (broad SMARTS) is 1. The van der Waals surface area contributed by atoms with Gasteiger partial charge in [0.15, 0.2) is 5.13 Å². The van der Waals surface area contributed by atoms with Crippen LogP contribution in [0.25, 0.3) is 11.3 Å². The van der Waals surface area contributed by atoms with Crippen molar-refractivity contribution in [3.63, 3.8) is 0 Å². The molecule has 0 atom stereocenters. The second-order valence-corrected chi connectivity index (χ2v) is 5.17. The Hall–Kier alpha value is -2.21. The van der Waals surface area contributed by atoms with Gasteiger partial charge in [0, 0.05) is 12.0 Å². The van der Waals surface area contributed by atoms with E-state index in [1.807, 2.05) is 25.1 Å². The first-order valence-corrected chi connectivity index (χ1v) is 7.03. The van der Waals surface area contributed by atoms with E-state index in [1.165, 1.54) is 0 Å². The molecule has 0 fully saturated rings. The maximum Gasteiger partial charge on any atom is 0.348 e. The van der Waals surface area contributed by atoms with Gasteiger partial charge in [0.1, 0.15) is 4.88 Å². The first kappa shape index (κ1) is 14.2. The summed E-state index contributed by atoms with van der Waals surface area (Å²) in [5, 5.41) is 12.2. The van der Waals surface area contributed by atoms with Crippen LogP contribution in [0.3, 0.4) is 0 Å². The number of aromatic carboxylic acids is 1. The number of carbonyl (C=O) groups excluding carboxylic acids is 1. The number of benzene rings is 1. The molecule has 0 aliphatic carbocycles. The molecule has 0 aliphatic rings. The van der Waals surface area contributed by atoms with Crippen molar-refractivity contribution in [3.8, 4) is 11.3 Å². The quantitative estimate of drug-likeness (QED) is 0.886. The van der Waals surface area contributed by atoms with Crippen LogP contribution in [-0.4, -0.2) is 22.0 Å². The molecule has 2 aromatic rings. The van der Waals surface area contributed by atoms with Crippen LogP contribution < -0.4 is 5.32 Å². The third-order valence-electron chi connectivity index (χ3n) is 2.59. The molecule has 0 aliphatic heterocycles. The molecule has 20 heavy (non-hydrogen) atoms. The molecule has 0 spiro atoms. The number of hydrogen-bond donors (Lipinski definition) is 2. The number of carboxylic acids is 1. The highest BCUT2D eigenvalue weighted by molar-refractivity contribution is 7.18. The third kappa shape index (κ3) is 3.21.